The number of ether oxygens (including phenoxy) is 2. The van der Waals surface area contributed by atoms with Gasteiger partial charge >= 0.3 is 0 Å². The normalized spacial score (nSPS) is 11.4. The summed E-state index contributed by atoms with van der Waals surface area (Å²) in [6, 6.07) is 5.60. The van der Waals surface area contributed by atoms with Crippen LogP contribution in [0.2, 0.25) is 0 Å². The van der Waals surface area contributed by atoms with E-state index in [1.54, 1.807) is 7.11 Å². The molecule has 0 unspecified atom stereocenters. The number of rotatable bonds is 6. The van der Waals surface area contributed by atoms with Gasteiger partial charge in [-0.2, -0.15) is 0 Å². The van der Waals surface area contributed by atoms with Gasteiger partial charge in [-0.15, -0.1) is 0 Å². The van der Waals surface area contributed by atoms with Crippen LogP contribution in [0.15, 0.2) is 18.2 Å². The number of nitrogen functional groups attached to an aromatic ring is 1. The van der Waals surface area contributed by atoms with Gasteiger partial charge in [-0.3, -0.25) is 5.41 Å². The van der Waals surface area contributed by atoms with Crippen LogP contribution in [0.4, 0.5) is 0 Å². The molecule has 0 spiro atoms. The van der Waals surface area contributed by atoms with Gasteiger partial charge in [0, 0.05) is 6.61 Å². The minimum atomic E-state index is 0.00777. The smallest absolute Gasteiger partial charge is 0.129 e. The molecular weight excluding hydrogens is 240 g/mol. The fourth-order valence-corrected chi connectivity index (χ4v) is 1.62. The monoisotopic (exact) mass is 264 g/mol. The van der Waals surface area contributed by atoms with E-state index in [0.29, 0.717) is 17.9 Å². The summed E-state index contributed by atoms with van der Waals surface area (Å²) in [7, 11) is 1.57. The molecule has 0 saturated carbocycles. The van der Waals surface area contributed by atoms with E-state index in [-0.39, 0.29) is 11.3 Å². The SMILES string of the molecule is COc1ccc(COCCC(C)(C)C)cc1C(=N)N. The van der Waals surface area contributed by atoms with Gasteiger partial charge in [0.1, 0.15) is 11.6 Å². The molecule has 106 valence electrons. The highest BCUT2D eigenvalue weighted by molar-refractivity contribution is 5.97. The summed E-state index contributed by atoms with van der Waals surface area (Å²) in [4.78, 5) is 0. The second-order valence-electron chi connectivity index (χ2n) is 5.81. The van der Waals surface area contributed by atoms with Crippen LogP contribution in [0.3, 0.4) is 0 Å². The summed E-state index contributed by atoms with van der Waals surface area (Å²) < 4.78 is 10.8. The topological polar surface area (TPSA) is 68.3 Å². The molecule has 4 nitrogen and oxygen atoms in total. The first-order valence-corrected chi connectivity index (χ1v) is 6.42. The van der Waals surface area contributed by atoms with Crippen molar-refractivity contribution >= 4 is 5.84 Å². The molecule has 0 bridgehead atoms. The van der Waals surface area contributed by atoms with E-state index >= 15 is 0 Å². The maximum Gasteiger partial charge on any atom is 0.129 e. The molecule has 0 aromatic heterocycles. The number of nitrogens with one attached hydrogen (secondary N) is 1. The van der Waals surface area contributed by atoms with Crippen molar-refractivity contribution < 1.29 is 9.47 Å². The Morgan fingerprint density at radius 3 is 2.53 bits per heavy atom. The molecule has 1 aromatic carbocycles. The number of methoxy groups -OCH3 is 1. The zero-order valence-corrected chi connectivity index (χ0v) is 12.2. The van der Waals surface area contributed by atoms with Crippen LogP contribution in [0.5, 0.6) is 5.75 Å². The molecule has 0 fully saturated rings. The van der Waals surface area contributed by atoms with Gasteiger partial charge < -0.3 is 15.2 Å². The van der Waals surface area contributed by atoms with E-state index in [1.807, 2.05) is 18.2 Å². The van der Waals surface area contributed by atoms with E-state index in [2.05, 4.69) is 20.8 Å². The van der Waals surface area contributed by atoms with Gasteiger partial charge in [0.15, 0.2) is 0 Å². The molecule has 0 aliphatic carbocycles. The third kappa shape index (κ3) is 5.30. The highest BCUT2D eigenvalue weighted by Gasteiger charge is 2.10. The first-order chi connectivity index (χ1) is 8.83. The van der Waals surface area contributed by atoms with Crippen LogP contribution >= 0.6 is 0 Å². The standard InChI is InChI=1S/C15H24N2O2/c1-15(2,3)7-8-19-10-11-5-6-13(18-4)12(9-11)14(16)17/h5-6,9H,7-8,10H2,1-4H3,(H3,16,17). The first-order valence-electron chi connectivity index (χ1n) is 6.42. The maximum atomic E-state index is 7.53. The predicted octanol–water partition coefficient (Wildman–Crippen LogP) is 2.93. The molecule has 0 radical (unpaired) electrons. The van der Waals surface area contributed by atoms with Crippen LogP contribution in [-0.2, 0) is 11.3 Å². The lowest BCUT2D eigenvalue weighted by molar-refractivity contribution is 0.0962. The van der Waals surface area contributed by atoms with Gasteiger partial charge in [0.25, 0.3) is 0 Å². The van der Waals surface area contributed by atoms with E-state index < -0.39 is 0 Å². The Morgan fingerprint density at radius 1 is 1.32 bits per heavy atom. The summed E-state index contributed by atoms with van der Waals surface area (Å²) in [6.45, 7) is 7.83. The highest BCUT2D eigenvalue weighted by atomic mass is 16.5. The Balaban J connectivity index is 2.60. The number of benzene rings is 1. The highest BCUT2D eigenvalue weighted by Crippen LogP contribution is 2.21. The summed E-state index contributed by atoms with van der Waals surface area (Å²) in [5.74, 6) is 0.624. The molecular formula is C15H24N2O2. The van der Waals surface area contributed by atoms with Crippen LogP contribution < -0.4 is 10.5 Å². The zero-order valence-electron chi connectivity index (χ0n) is 12.2. The Hall–Kier alpha value is -1.55. The van der Waals surface area contributed by atoms with Gasteiger partial charge in [-0.05, 0) is 29.5 Å². The number of hydrogen-bond acceptors (Lipinski definition) is 3. The Bertz CT molecular complexity index is 436. The van der Waals surface area contributed by atoms with Gasteiger partial charge in [-0.1, -0.05) is 26.8 Å². The molecule has 19 heavy (non-hydrogen) atoms. The minimum absolute atomic E-state index is 0.00777. The summed E-state index contributed by atoms with van der Waals surface area (Å²) in [6.07, 6.45) is 1.02. The molecule has 0 amide bonds. The molecule has 3 N–H and O–H groups in total. The van der Waals surface area contributed by atoms with Crippen molar-refractivity contribution in [1.29, 1.82) is 5.41 Å². The molecule has 0 atom stereocenters. The summed E-state index contributed by atoms with van der Waals surface area (Å²) >= 11 is 0. The van der Waals surface area contributed by atoms with Crippen molar-refractivity contribution in [3.63, 3.8) is 0 Å². The average Bonchev–Trinajstić information content (AvgIpc) is 2.33. The molecule has 4 heteroatoms. The number of amidine groups is 1. The average molecular weight is 264 g/mol. The van der Waals surface area contributed by atoms with Crippen LogP contribution in [0.1, 0.15) is 38.3 Å². The van der Waals surface area contributed by atoms with Crippen molar-refractivity contribution in [2.45, 2.75) is 33.8 Å². The second kappa shape index (κ2) is 6.57. The quantitative estimate of drug-likeness (QED) is 0.471. The largest absolute Gasteiger partial charge is 0.496 e. The third-order valence-electron chi connectivity index (χ3n) is 2.82. The number of hydrogen-bond donors (Lipinski definition) is 2. The van der Waals surface area contributed by atoms with Crippen LogP contribution in [0.25, 0.3) is 0 Å². The molecule has 1 rings (SSSR count). The van der Waals surface area contributed by atoms with Crippen molar-refractivity contribution in [3.8, 4) is 5.75 Å². The summed E-state index contributed by atoms with van der Waals surface area (Å²) in [5.41, 5.74) is 7.43. The lowest BCUT2D eigenvalue weighted by Crippen LogP contribution is -2.13. The Morgan fingerprint density at radius 2 is 2.00 bits per heavy atom. The Kier molecular flexibility index (Phi) is 5.36. The molecule has 1 aromatic rings. The predicted molar refractivity (Wildman–Crippen MR) is 77.7 cm³/mol. The molecule has 0 aliphatic rings. The van der Waals surface area contributed by atoms with E-state index in [9.17, 15) is 0 Å². The van der Waals surface area contributed by atoms with E-state index in [0.717, 1.165) is 18.6 Å². The fraction of sp³-hybridized carbons (Fsp3) is 0.533. The van der Waals surface area contributed by atoms with E-state index in [4.69, 9.17) is 20.6 Å². The minimum Gasteiger partial charge on any atom is -0.496 e. The van der Waals surface area contributed by atoms with E-state index in [1.165, 1.54) is 0 Å². The van der Waals surface area contributed by atoms with Crippen molar-refractivity contribution in [2.75, 3.05) is 13.7 Å². The van der Waals surface area contributed by atoms with Crippen LogP contribution in [-0.4, -0.2) is 19.6 Å². The second-order valence-corrected chi connectivity index (χ2v) is 5.81. The zero-order chi connectivity index (χ0) is 14.5. The summed E-state index contributed by atoms with van der Waals surface area (Å²) in [5, 5.41) is 7.53. The number of nitrogens with two attached hydrogens (primary N) is 1. The lowest BCUT2D eigenvalue weighted by Gasteiger charge is -2.17. The van der Waals surface area contributed by atoms with Crippen molar-refractivity contribution in [3.05, 3.63) is 29.3 Å². The van der Waals surface area contributed by atoms with Crippen LogP contribution in [0, 0.1) is 10.8 Å². The third-order valence-corrected chi connectivity index (χ3v) is 2.82. The molecule has 0 aliphatic heterocycles. The Labute approximate surface area is 115 Å². The fourth-order valence-electron chi connectivity index (χ4n) is 1.62. The molecule has 0 saturated heterocycles. The van der Waals surface area contributed by atoms with Crippen molar-refractivity contribution in [2.24, 2.45) is 11.1 Å². The maximum absolute atomic E-state index is 7.53. The van der Waals surface area contributed by atoms with Crippen molar-refractivity contribution in [1.82, 2.24) is 0 Å². The lowest BCUT2D eigenvalue weighted by atomic mass is 9.93. The van der Waals surface area contributed by atoms with Gasteiger partial charge in [-0.25, -0.2) is 0 Å². The van der Waals surface area contributed by atoms with Gasteiger partial charge in [0.05, 0.1) is 19.3 Å². The molecule has 0 heterocycles. The van der Waals surface area contributed by atoms with Gasteiger partial charge in [0.2, 0.25) is 0 Å². The first kappa shape index (κ1) is 15.5.